The maximum absolute atomic E-state index is 11.8. The molecule has 1 heterocycles. The maximum Gasteiger partial charge on any atom is 0.311 e. The standard InChI is InChI=1S/C17H22BrNO4/c1-22-14-6-11(13(18)7-15(14)23-2)8-19-9-12-4-3-5-17(12,10-19)16(20)21/h6-7,12H,3-5,8-10H2,1-2H3,(H,20,21)/t12-,17+/m0/s1. The van der Waals surface area contributed by atoms with Crippen molar-refractivity contribution in [2.24, 2.45) is 11.3 Å². The summed E-state index contributed by atoms with van der Waals surface area (Å²) in [7, 11) is 3.23. The zero-order chi connectivity index (χ0) is 16.6. The van der Waals surface area contributed by atoms with Crippen molar-refractivity contribution in [3.05, 3.63) is 22.2 Å². The third-order valence-corrected chi connectivity index (χ3v) is 6.05. The van der Waals surface area contributed by atoms with Gasteiger partial charge in [-0.2, -0.15) is 0 Å². The van der Waals surface area contributed by atoms with Crippen molar-refractivity contribution in [3.8, 4) is 11.5 Å². The van der Waals surface area contributed by atoms with Crippen molar-refractivity contribution >= 4 is 21.9 Å². The lowest BCUT2D eigenvalue weighted by molar-refractivity contribution is -0.149. The number of fused-ring (bicyclic) bond motifs is 1. The average molecular weight is 384 g/mol. The van der Waals surface area contributed by atoms with E-state index in [1.165, 1.54) is 0 Å². The molecular weight excluding hydrogens is 362 g/mol. The van der Waals surface area contributed by atoms with Crippen LogP contribution in [0.3, 0.4) is 0 Å². The molecular formula is C17H22BrNO4. The van der Waals surface area contributed by atoms with E-state index in [1.54, 1.807) is 14.2 Å². The van der Waals surface area contributed by atoms with Crippen LogP contribution in [0.15, 0.2) is 16.6 Å². The molecule has 1 aliphatic heterocycles. The molecule has 1 saturated carbocycles. The largest absolute Gasteiger partial charge is 0.493 e. The number of benzene rings is 1. The van der Waals surface area contributed by atoms with E-state index in [9.17, 15) is 9.90 Å². The highest BCUT2D eigenvalue weighted by Gasteiger charge is 2.54. The van der Waals surface area contributed by atoms with E-state index in [-0.39, 0.29) is 5.92 Å². The molecule has 126 valence electrons. The van der Waals surface area contributed by atoms with Crippen LogP contribution in [-0.4, -0.2) is 43.3 Å². The first-order chi connectivity index (χ1) is 11.0. The lowest BCUT2D eigenvalue weighted by Gasteiger charge is -2.24. The van der Waals surface area contributed by atoms with E-state index >= 15 is 0 Å². The third-order valence-electron chi connectivity index (χ3n) is 5.31. The van der Waals surface area contributed by atoms with Crippen molar-refractivity contribution in [1.29, 1.82) is 0 Å². The second-order valence-electron chi connectivity index (χ2n) is 6.52. The van der Waals surface area contributed by atoms with Crippen molar-refractivity contribution in [3.63, 3.8) is 0 Å². The highest BCUT2D eigenvalue weighted by Crippen LogP contribution is 2.49. The summed E-state index contributed by atoms with van der Waals surface area (Å²) < 4.78 is 11.6. The summed E-state index contributed by atoms with van der Waals surface area (Å²) in [5.74, 6) is 1.02. The van der Waals surface area contributed by atoms with Gasteiger partial charge >= 0.3 is 5.97 Å². The summed E-state index contributed by atoms with van der Waals surface area (Å²) in [6.07, 6.45) is 2.86. The summed E-state index contributed by atoms with van der Waals surface area (Å²) >= 11 is 3.58. The molecule has 0 unspecified atom stereocenters. The number of hydrogen-bond acceptors (Lipinski definition) is 4. The predicted octanol–water partition coefficient (Wildman–Crippen LogP) is 3.15. The summed E-state index contributed by atoms with van der Waals surface area (Å²) in [6, 6.07) is 3.86. The Morgan fingerprint density at radius 2 is 2.09 bits per heavy atom. The summed E-state index contributed by atoms with van der Waals surface area (Å²) in [5, 5.41) is 9.69. The zero-order valence-electron chi connectivity index (χ0n) is 13.5. The average Bonchev–Trinajstić information content (AvgIpc) is 3.06. The van der Waals surface area contributed by atoms with Gasteiger partial charge in [-0.15, -0.1) is 0 Å². The molecule has 1 aromatic rings. The van der Waals surface area contributed by atoms with Crippen LogP contribution in [0.4, 0.5) is 0 Å². The Hall–Kier alpha value is -1.27. The highest BCUT2D eigenvalue weighted by molar-refractivity contribution is 9.10. The molecule has 1 aromatic carbocycles. The van der Waals surface area contributed by atoms with Crippen molar-refractivity contribution in [2.75, 3.05) is 27.3 Å². The number of hydrogen-bond donors (Lipinski definition) is 1. The van der Waals surface area contributed by atoms with Gasteiger partial charge in [0, 0.05) is 24.1 Å². The van der Waals surface area contributed by atoms with Gasteiger partial charge in [0.15, 0.2) is 11.5 Å². The molecule has 6 heteroatoms. The molecule has 23 heavy (non-hydrogen) atoms. The second kappa shape index (κ2) is 6.32. The first-order valence-electron chi connectivity index (χ1n) is 7.86. The van der Waals surface area contributed by atoms with Gasteiger partial charge in [-0.1, -0.05) is 22.4 Å². The number of carbonyl (C=O) groups is 1. The zero-order valence-corrected chi connectivity index (χ0v) is 15.1. The van der Waals surface area contributed by atoms with E-state index in [0.29, 0.717) is 24.6 Å². The Balaban J connectivity index is 1.80. The van der Waals surface area contributed by atoms with E-state index < -0.39 is 11.4 Å². The number of carboxylic acid groups (broad SMARTS) is 1. The molecule has 1 saturated heterocycles. The first kappa shape index (κ1) is 16.6. The van der Waals surface area contributed by atoms with Gasteiger partial charge in [0.2, 0.25) is 0 Å². The first-order valence-corrected chi connectivity index (χ1v) is 8.65. The topological polar surface area (TPSA) is 59.0 Å². The van der Waals surface area contributed by atoms with Gasteiger partial charge in [0.25, 0.3) is 0 Å². The van der Waals surface area contributed by atoms with Crippen LogP contribution in [0.2, 0.25) is 0 Å². The minimum absolute atomic E-state index is 0.277. The minimum Gasteiger partial charge on any atom is -0.493 e. The van der Waals surface area contributed by atoms with Gasteiger partial charge < -0.3 is 14.6 Å². The smallest absolute Gasteiger partial charge is 0.311 e. The van der Waals surface area contributed by atoms with Crippen molar-refractivity contribution in [2.45, 2.75) is 25.8 Å². The molecule has 2 aliphatic rings. The van der Waals surface area contributed by atoms with E-state index in [1.807, 2.05) is 12.1 Å². The molecule has 2 atom stereocenters. The number of nitrogens with zero attached hydrogens (tertiary/aromatic N) is 1. The Bertz CT molecular complexity index is 621. The second-order valence-corrected chi connectivity index (χ2v) is 7.37. The number of rotatable bonds is 5. The fourth-order valence-corrected chi connectivity index (χ4v) is 4.57. The van der Waals surface area contributed by atoms with Crippen LogP contribution < -0.4 is 9.47 Å². The number of likely N-dealkylation sites (tertiary alicyclic amines) is 1. The Morgan fingerprint density at radius 1 is 1.39 bits per heavy atom. The molecule has 1 N–H and O–H groups in total. The molecule has 0 amide bonds. The van der Waals surface area contributed by atoms with E-state index in [4.69, 9.17) is 9.47 Å². The lowest BCUT2D eigenvalue weighted by atomic mass is 9.81. The molecule has 0 spiro atoms. The monoisotopic (exact) mass is 383 g/mol. The number of ether oxygens (including phenoxy) is 2. The normalized spacial score (nSPS) is 27.0. The van der Waals surface area contributed by atoms with Crippen LogP contribution in [0.5, 0.6) is 11.5 Å². The number of carboxylic acids is 1. The number of halogens is 1. The predicted molar refractivity (Wildman–Crippen MR) is 89.9 cm³/mol. The Labute approximate surface area is 144 Å². The van der Waals surface area contributed by atoms with Crippen LogP contribution in [0.1, 0.15) is 24.8 Å². The molecule has 0 aromatic heterocycles. The molecule has 5 nitrogen and oxygen atoms in total. The third kappa shape index (κ3) is 2.83. The van der Waals surface area contributed by atoms with Crippen molar-refractivity contribution < 1.29 is 19.4 Å². The maximum atomic E-state index is 11.8. The fourth-order valence-electron chi connectivity index (χ4n) is 4.12. The van der Waals surface area contributed by atoms with Crippen LogP contribution in [-0.2, 0) is 11.3 Å². The lowest BCUT2D eigenvalue weighted by Crippen LogP contribution is -2.35. The van der Waals surface area contributed by atoms with Gasteiger partial charge in [-0.25, -0.2) is 0 Å². The van der Waals surface area contributed by atoms with Gasteiger partial charge in [0.05, 0.1) is 19.6 Å². The van der Waals surface area contributed by atoms with Gasteiger partial charge in [-0.05, 0) is 36.5 Å². The highest BCUT2D eigenvalue weighted by atomic mass is 79.9. The van der Waals surface area contributed by atoms with E-state index in [0.717, 1.165) is 35.8 Å². The summed E-state index contributed by atoms with van der Waals surface area (Å²) in [5.41, 5.74) is 0.548. The van der Waals surface area contributed by atoms with Gasteiger partial charge in [-0.3, -0.25) is 9.69 Å². The van der Waals surface area contributed by atoms with Crippen LogP contribution >= 0.6 is 15.9 Å². The van der Waals surface area contributed by atoms with Crippen molar-refractivity contribution in [1.82, 2.24) is 4.90 Å². The molecule has 1 aliphatic carbocycles. The summed E-state index contributed by atoms with van der Waals surface area (Å²) in [4.78, 5) is 14.0. The SMILES string of the molecule is COc1cc(Br)c(CN2C[C@@H]3CCC[C@@]3(C(=O)O)C2)cc1OC. The minimum atomic E-state index is -0.631. The Kier molecular flexibility index (Phi) is 4.56. The molecule has 0 bridgehead atoms. The number of methoxy groups -OCH3 is 2. The molecule has 3 rings (SSSR count). The molecule has 0 radical (unpaired) electrons. The summed E-state index contributed by atoms with van der Waals surface area (Å²) in [6.45, 7) is 2.20. The fraction of sp³-hybridized carbons (Fsp3) is 0.588. The van der Waals surface area contributed by atoms with E-state index in [2.05, 4.69) is 20.8 Å². The quantitative estimate of drug-likeness (QED) is 0.845. The molecule has 2 fully saturated rings. The number of aliphatic carboxylic acids is 1. The van der Waals surface area contributed by atoms with Gasteiger partial charge in [0.1, 0.15) is 0 Å². The van der Waals surface area contributed by atoms with Crippen LogP contribution in [0.25, 0.3) is 0 Å². The van der Waals surface area contributed by atoms with Crippen LogP contribution in [0, 0.1) is 11.3 Å². The Morgan fingerprint density at radius 3 is 2.70 bits per heavy atom.